The fraction of sp³-hybridized carbons (Fsp3) is 0. The molecule has 48 heavy (non-hydrogen) atoms. The van der Waals surface area contributed by atoms with Crippen molar-refractivity contribution in [2.45, 2.75) is 0 Å². The highest BCUT2D eigenvalue weighted by Gasteiger charge is 2.20. The lowest BCUT2D eigenvalue weighted by Gasteiger charge is -2.12. The predicted octanol–water partition coefficient (Wildman–Crippen LogP) is 10.4. The van der Waals surface area contributed by atoms with E-state index >= 15 is 0 Å². The third kappa shape index (κ3) is 4.06. The zero-order chi connectivity index (χ0) is 31.6. The van der Waals surface area contributed by atoms with Gasteiger partial charge in [0.2, 0.25) is 0 Å². The third-order valence-corrected chi connectivity index (χ3v) is 9.08. The maximum Gasteiger partial charge on any atom is 0.160 e. The zero-order valence-electron chi connectivity index (χ0n) is 25.6. The average molecular weight is 616 g/mol. The van der Waals surface area contributed by atoms with Gasteiger partial charge in [-0.15, -0.1) is 0 Å². The van der Waals surface area contributed by atoms with E-state index in [-0.39, 0.29) is 0 Å². The molecular weight excluding hydrogens is 590 g/mol. The van der Waals surface area contributed by atoms with Gasteiger partial charge < -0.3 is 8.98 Å². The van der Waals surface area contributed by atoms with E-state index < -0.39 is 0 Å². The summed E-state index contributed by atoms with van der Waals surface area (Å²) in [5, 5.41) is 3.96. The fourth-order valence-electron chi connectivity index (χ4n) is 6.85. The number of furan rings is 1. The van der Waals surface area contributed by atoms with Crippen LogP contribution >= 0.6 is 0 Å². The number of fused-ring (bicyclic) bond motifs is 9. The van der Waals surface area contributed by atoms with E-state index in [2.05, 4.69) is 89.5 Å². The number of hydrogen-bond acceptors (Lipinski definition) is 5. The first-order chi connectivity index (χ1) is 23.8. The summed E-state index contributed by atoms with van der Waals surface area (Å²) in [5.41, 5.74) is 11.0. The Morgan fingerprint density at radius 3 is 1.83 bits per heavy atom. The average Bonchev–Trinajstić information content (AvgIpc) is 3.72. The summed E-state index contributed by atoms with van der Waals surface area (Å²) in [6.45, 7) is 0. The van der Waals surface area contributed by atoms with Gasteiger partial charge in [0, 0.05) is 50.9 Å². The lowest BCUT2D eigenvalue weighted by Crippen LogP contribution is -1.99. The number of rotatable bonds is 4. The number of hydrogen-bond donors (Lipinski definition) is 0. The molecule has 10 aromatic rings. The van der Waals surface area contributed by atoms with Crippen LogP contribution in [0.15, 0.2) is 156 Å². The van der Waals surface area contributed by atoms with Crippen LogP contribution in [0.1, 0.15) is 0 Å². The molecule has 5 aromatic carbocycles. The molecule has 10 rings (SSSR count). The monoisotopic (exact) mass is 615 g/mol. The second kappa shape index (κ2) is 10.4. The first-order valence-corrected chi connectivity index (χ1v) is 15.9. The highest BCUT2D eigenvalue weighted by atomic mass is 16.3. The molecule has 0 aliphatic carbocycles. The lowest BCUT2D eigenvalue weighted by molar-refractivity contribution is 0.672. The number of benzene rings is 5. The molecule has 0 saturated carbocycles. The first-order valence-electron chi connectivity index (χ1n) is 15.9. The minimum atomic E-state index is 0.655. The minimum absolute atomic E-state index is 0.655. The molecule has 0 spiro atoms. The van der Waals surface area contributed by atoms with E-state index in [1.165, 1.54) is 0 Å². The molecule has 0 radical (unpaired) electrons. The molecule has 0 aliphatic rings. The summed E-state index contributed by atoms with van der Waals surface area (Å²) in [5.74, 6) is 0.655. The molecule has 0 aliphatic heterocycles. The van der Waals surface area contributed by atoms with E-state index in [1.54, 1.807) is 0 Å². The number of nitrogens with zero attached hydrogens (tertiary/aromatic N) is 5. The summed E-state index contributed by atoms with van der Waals surface area (Å²) in [7, 11) is 0. The Labute approximate surface area is 274 Å². The van der Waals surface area contributed by atoms with Crippen molar-refractivity contribution in [2.24, 2.45) is 0 Å². The number of aromatic nitrogens is 5. The summed E-state index contributed by atoms with van der Waals surface area (Å²) < 4.78 is 8.65. The van der Waals surface area contributed by atoms with Crippen molar-refractivity contribution in [3.05, 3.63) is 152 Å². The Kier molecular flexibility index (Phi) is 5.77. The van der Waals surface area contributed by atoms with Crippen molar-refractivity contribution in [1.82, 2.24) is 24.5 Å². The molecule has 0 atom stereocenters. The Balaban J connectivity index is 1.23. The Morgan fingerprint density at radius 2 is 1.08 bits per heavy atom. The number of para-hydroxylation sites is 2. The smallest absolute Gasteiger partial charge is 0.160 e. The maximum absolute atomic E-state index is 6.40. The number of pyridine rings is 2. The molecule has 6 nitrogen and oxygen atoms in total. The van der Waals surface area contributed by atoms with Crippen LogP contribution in [0.25, 0.3) is 94.4 Å². The van der Waals surface area contributed by atoms with Crippen LogP contribution in [0.4, 0.5) is 0 Å². The van der Waals surface area contributed by atoms with E-state index in [4.69, 9.17) is 24.4 Å². The van der Waals surface area contributed by atoms with Crippen molar-refractivity contribution in [2.75, 3.05) is 0 Å². The Bertz CT molecular complexity index is 2780. The van der Waals surface area contributed by atoms with Gasteiger partial charge in [0.25, 0.3) is 0 Å². The van der Waals surface area contributed by atoms with Gasteiger partial charge in [-0.05, 0) is 30.3 Å². The van der Waals surface area contributed by atoms with Crippen LogP contribution in [0.3, 0.4) is 0 Å². The van der Waals surface area contributed by atoms with Gasteiger partial charge >= 0.3 is 0 Å². The molecule has 0 N–H and O–H groups in total. The zero-order valence-corrected chi connectivity index (χ0v) is 25.6. The maximum atomic E-state index is 6.40. The van der Waals surface area contributed by atoms with E-state index in [0.29, 0.717) is 5.82 Å². The van der Waals surface area contributed by atoms with Crippen molar-refractivity contribution in [3.8, 4) is 39.6 Å². The van der Waals surface area contributed by atoms with Crippen LogP contribution in [0.5, 0.6) is 0 Å². The van der Waals surface area contributed by atoms with Gasteiger partial charge in [-0.1, -0.05) is 109 Å². The highest BCUT2D eigenvalue weighted by Crippen LogP contribution is 2.39. The van der Waals surface area contributed by atoms with E-state index in [9.17, 15) is 0 Å². The molecule has 0 bridgehead atoms. The van der Waals surface area contributed by atoms with E-state index in [1.807, 2.05) is 67.0 Å². The third-order valence-electron chi connectivity index (χ3n) is 9.08. The summed E-state index contributed by atoms with van der Waals surface area (Å²) in [6.07, 6.45) is 3.83. The van der Waals surface area contributed by atoms with Gasteiger partial charge in [-0.3, -0.25) is 9.97 Å². The SMILES string of the molecule is c1ccc(-c2cc(-c3ccccc3)nc(-c3cccc(-n4c5ccccc5c5ncc6c(ncc7c8ccccc8oc76)c54)c3)n2)cc1. The van der Waals surface area contributed by atoms with Crippen LogP contribution in [0, 0.1) is 0 Å². The molecule has 0 unspecified atom stereocenters. The minimum Gasteiger partial charge on any atom is -0.455 e. The van der Waals surface area contributed by atoms with Crippen LogP contribution in [-0.2, 0) is 0 Å². The molecular formula is C42H25N5O. The normalized spacial score (nSPS) is 11.8. The second-order valence-corrected chi connectivity index (χ2v) is 11.9. The molecule has 0 amide bonds. The summed E-state index contributed by atoms with van der Waals surface area (Å²) in [4.78, 5) is 20.3. The van der Waals surface area contributed by atoms with Crippen LogP contribution in [0.2, 0.25) is 0 Å². The van der Waals surface area contributed by atoms with E-state index in [0.717, 1.165) is 88.5 Å². The van der Waals surface area contributed by atoms with Crippen molar-refractivity contribution in [3.63, 3.8) is 0 Å². The largest absolute Gasteiger partial charge is 0.455 e. The molecule has 224 valence electrons. The van der Waals surface area contributed by atoms with Crippen LogP contribution < -0.4 is 0 Å². The molecule has 0 fully saturated rings. The molecule has 0 saturated heterocycles. The van der Waals surface area contributed by atoms with Gasteiger partial charge in [0.15, 0.2) is 5.82 Å². The second-order valence-electron chi connectivity index (χ2n) is 11.9. The summed E-state index contributed by atoms with van der Waals surface area (Å²) in [6, 6.07) is 47.4. The Hall–Kier alpha value is -6.66. The quantitative estimate of drug-likeness (QED) is 0.197. The molecule has 5 aromatic heterocycles. The highest BCUT2D eigenvalue weighted by molar-refractivity contribution is 6.21. The predicted molar refractivity (Wildman–Crippen MR) is 193 cm³/mol. The van der Waals surface area contributed by atoms with Gasteiger partial charge in [-0.25, -0.2) is 9.97 Å². The Morgan fingerprint density at radius 1 is 0.479 bits per heavy atom. The molecule has 5 heterocycles. The summed E-state index contributed by atoms with van der Waals surface area (Å²) >= 11 is 0. The van der Waals surface area contributed by atoms with Crippen molar-refractivity contribution in [1.29, 1.82) is 0 Å². The van der Waals surface area contributed by atoms with Gasteiger partial charge in [-0.2, -0.15) is 0 Å². The lowest BCUT2D eigenvalue weighted by atomic mass is 10.1. The first kappa shape index (κ1) is 26.5. The van der Waals surface area contributed by atoms with Gasteiger partial charge in [0.05, 0.1) is 33.3 Å². The van der Waals surface area contributed by atoms with Crippen molar-refractivity contribution < 1.29 is 4.42 Å². The topological polar surface area (TPSA) is 69.6 Å². The fourth-order valence-corrected chi connectivity index (χ4v) is 6.85. The van der Waals surface area contributed by atoms with Crippen LogP contribution in [-0.4, -0.2) is 24.5 Å². The molecule has 6 heteroatoms. The van der Waals surface area contributed by atoms with Gasteiger partial charge in [0.1, 0.15) is 16.7 Å². The van der Waals surface area contributed by atoms with Crippen molar-refractivity contribution >= 4 is 54.8 Å². The standard InChI is InChI=1S/C42H25N5O/c1-3-12-26(13-4-1)34-23-35(27-14-5-2-6-15-27)46-42(45-34)28-16-11-17-29(22-28)47-36-20-9-7-19-31(36)38-40(47)39-33(25-44-38)41-32(24-43-39)30-18-8-10-21-37(30)48-41/h1-25H.